The van der Waals surface area contributed by atoms with Crippen LogP contribution in [0.3, 0.4) is 0 Å². The minimum absolute atomic E-state index is 0.224. The maximum absolute atomic E-state index is 12.5. The lowest BCUT2D eigenvalue weighted by atomic mass is 9.88. The van der Waals surface area contributed by atoms with Crippen LogP contribution in [0.5, 0.6) is 5.75 Å². The smallest absolute Gasteiger partial charge is 0.341 e. The van der Waals surface area contributed by atoms with Crippen LogP contribution in [-0.2, 0) is 27.2 Å². The quantitative estimate of drug-likeness (QED) is 0.202. The highest BCUT2D eigenvalue weighted by atomic mass is 32.1. The second-order valence-electron chi connectivity index (χ2n) is 7.60. The number of benzene rings is 1. The van der Waals surface area contributed by atoms with Crippen molar-refractivity contribution in [3.63, 3.8) is 0 Å². The molecule has 0 spiro atoms. The van der Waals surface area contributed by atoms with E-state index < -0.39 is 17.8 Å². The first-order valence-electron chi connectivity index (χ1n) is 10.7. The van der Waals surface area contributed by atoms with E-state index in [0.717, 1.165) is 29.7 Å². The SMILES string of the molecule is C=CCOc1cccc(/C=N\NC(=O)C(=O)Nc2sc3c(c2C(=O)OCC)CC[C@H](C)C3)c1. The van der Waals surface area contributed by atoms with Crippen LogP contribution in [0.1, 0.15) is 46.6 Å². The molecule has 8 nitrogen and oxygen atoms in total. The summed E-state index contributed by atoms with van der Waals surface area (Å²) in [6.45, 7) is 8.07. The van der Waals surface area contributed by atoms with Crippen LogP contribution in [0.25, 0.3) is 0 Å². The summed E-state index contributed by atoms with van der Waals surface area (Å²) in [4.78, 5) is 38.3. The van der Waals surface area contributed by atoms with E-state index in [1.807, 2.05) is 0 Å². The molecule has 174 valence electrons. The fraction of sp³-hybridized carbons (Fsp3) is 0.333. The maximum Gasteiger partial charge on any atom is 0.341 e. The highest BCUT2D eigenvalue weighted by Crippen LogP contribution is 2.40. The Morgan fingerprint density at radius 1 is 1.30 bits per heavy atom. The van der Waals surface area contributed by atoms with Crippen LogP contribution in [0, 0.1) is 5.92 Å². The Hall–Kier alpha value is -3.46. The van der Waals surface area contributed by atoms with Crippen molar-refractivity contribution in [3.05, 3.63) is 58.5 Å². The first-order chi connectivity index (χ1) is 15.9. The van der Waals surface area contributed by atoms with Gasteiger partial charge >= 0.3 is 17.8 Å². The number of fused-ring (bicyclic) bond motifs is 1. The number of nitrogens with zero attached hydrogens (tertiary/aromatic N) is 1. The van der Waals surface area contributed by atoms with Gasteiger partial charge in [0.15, 0.2) is 0 Å². The Balaban J connectivity index is 1.67. The number of carbonyl (C=O) groups is 3. The lowest BCUT2D eigenvalue weighted by Crippen LogP contribution is -2.32. The standard InChI is InChI=1S/C24H27N3O5S/c1-4-11-32-17-8-6-7-16(13-17)14-25-27-22(29)21(28)26-23-20(24(30)31-5-2)18-10-9-15(3)12-19(18)33-23/h4,6-8,13-15H,1,5,9-12H2,2-3H3,(H,26,28)(H,27,29)/b25-14-/t15-/m0/s1. The Morgan fingerprint density at radius 3 is 2.88 bits per heavy atom. The third-order valence-corrected chi connectivity index (χ3v) is 6.20. The topological polar surface area (TPSA) is 106 Å². The number of thiophene rings is 1. The van der Waals surface area contributed by atoms with Crippen LogP contribution in [0.2, 0.25) is 0 Å². The summed E-state index contributed by atoms with van der Waals surface area (Å²) in [5.41, 5.74) is 4.15. The molecule has 1 aliphatic rings. The molecular formula is C24H27N3O5S. The zero-order valence-corrected chi connectivity index (χ0v) is 19.5. The van der Waals surface area contributed by atoms with E-state index in [2.05, 4.69) is 29.3 Å². The molecule has 2 amide bonds. The molecule has 0 radical (unpaired) electrons. The number of hydrazone groups is 1. The zero-order valence-electron chi connectivity index (χ0n) is 18.7. The molecule has 1 aromatic heterocycles. The van der Waals surface area contributed by atoms with Gasteiger partial charge in [-0.25, -0.2) is 10.2 Å². The first kappa shape index (κ1) is 24.2. The zero-order chi connectivity index (χ0) is 23.8. The average molecular weight is 470 g/mol. The summed E-state index contributed by atoms with van der Waals surface area (Å²) in [5.74, 6) is -1.22. The Bertz CT molecular complexity index is 1080. The van der Waals surface area contributed by atoms with Gasteiger partial charge in [0.2, 0.25) is 0 Å². The van der Waals surface area contributed by atoms with Crippen molar-refractivity contribution in [1.29, 1.82) is 0 Å². The molecule has 0 saturated carbocycles. The molecule has 2 aromatic rings. The molecule has 0 unspecified atom stereocenters. The highest BCUT2D eigenvalue weighted by molar-refractivity contribution is 7.17. The van der Waals surface area contributed by atoms with Gasteiger partial charge in [-0.2, -0.15) is 5.10 Å². The van der Waals surface area contributed by atoms with E-state index in [-0.39, 0.29) is 6.61 Å². The Labute approximate surface area is 196 Å². The first-order valence-corrected chi connectivity index (χ1v) is 11.5. The van der Waals surface area contributed by atoms with Crippen molar-refractivity contribution in [2.24, 2.45) is 11.0 Å². The Kier molecular flexibility index (Phi) is 8.37. The minimum Gasteiger partial charge on any atom is -0.490 e. The number of hydrogen-bond donors (Lipinski definition) is 2. The summed E-state index contributed by atoms with van der Waals surface area (Å²) in [5, 5.41) is 6.74. The lowest BCUT2D eigenvalue weighted by molar-refractivity contribution is -0.136. The fourth-order valence-corrected chi connectivity index (χ4v) is 4.87. The van der Waals surface area contributed by atoms with E-state index >= 15 is 0 Å². The van der Waals surface area contributed by atoms with Gasteiger partial charge in [0.05, 0.1) is 18.4 Å². The number of nitrogens with one attached hydrogen (secondary N) is 2. The summed E-state index contributed by atoms with van der Waals surface area (Å²) < 4.78 is 10.6. The fourth-order valence-electron chi connectivity index (χ4n) is 3.47. The van der Waals surface area contributed by atoms with Crippen molar-refractivity contribution in [2.75, 3.05) is 18.5 Å². The molecule has 2 N–H and O–H groups in total. The molecule has 1 heterocycles. The van der Waals surface area contributed by atoms with Crippen LogP contribution >= 0.6 is 11.3 Å². The van der Waals surface area contributed by atoms with Gasteiger partial charge in [-0.1, -0.05) is 31.7 Å². The third-order valence-electron chi connectivity index (χ3n) is 5.03. The number of rotatable bonds is 8. The molecule has 1 aliphatic carbocycles. The van der Waals surface area contributed by atoms with Gasteiger partial charge in [-0.15, -0.1) is 11.3 Å². The van der Waals surface area contributed by atoms with Gasteiger partial charge < -0.3 is 14.8 Å². The van der Waals surface area contributed by atoms with E-state index in [4.69, 9.17) is 9.47 Å². The number of amides is 2. The molecule has 0 aliphatic heterocycles. The number of anilines is 1. The summed E-state index contributed by atoms with van der Waals surface area (Å²) >= 11 is 1.32. The van der Waals surface area contributed by atoms with E-state index in [1.54, 1.807) is 37.3 Å². The molecule has 1 aromatic carbocycles. The van der Waals surface area contributed by atoms with Crippen LogP contribution in [-0.4, -0.2) is 37.2 Å². The normalized spacial score (nSPS) is 14.9. The van der Waals surface area contributed by atoms with E-state index in [1.165, 1.54) is 17.6 Å². The third kappa shape index (κ3) is 6.29. The maximum atomic E-state index is 12.5. The lowest BCUT2D eigenvalue weighted by Gasteiger charge is -2.18. The largest absolute Gasteiger partial charge is 0.490 e. The van der Waals surface area contributed by atoms with Gasteiger partial charge in [0.1, 0.15) is 17.4 Å². The summed E-state index contributed by atoms with van der Waals surface area (Å²) in [7, 11) is 0. The molecular weight excluding hydrogens is 442 g/mol. The molecule has 1 atom stereocenters. The summed E-state index contributed by atoms with van der Waals surface area (Å²) in [6, 6.07) is 7.08. The van der Waals surface area contributed by atoms with Crippen molar-refractivity contribution in [1.82, 2.24) is 5.43 Å². The number of ether oxygens (including phenoxy) is 2. The Morgan fingerprint density at radius 2 is 2.12 bits per heavy atom. The van der Waals surface area contributed by atoms with Crippen LogP contribution in [0.4, 0.5) is 5.00 Å². The van der Waals surface area contributed by atoms with Crippen molar-refractivity contribution >= 4 is 40.3 Å². The molecule has 33 heavy (non-hydrogen) atoms. The van der Waals surface area contributed by atoms with Crippen molar-refractivity contribution in [3.8, 4) is 5.75 Å². The van der Waals surface area contributed by atoms with Gasteiger partial charge in [-0.3, -0.25) is 9.59 Å². The van der Waals surface area contributed by atoms with Crippen molar-refractivity contribution in [2.45, 2.75) is 33.1 Å². The highest BCUT2D eigenvalue weighted by Gasteiger charge is 2.30. The van der Waals surface area contributed by atoms with Crippen LogP contribution in [0.15, 0.2) is 42.0 Å². The molecule has 0 bridgehead atoms. The monoisotopic (exact) mass is 469 g/mol. The van der Waals surface area contributed by atoms with Gasteiger partial charge in [0, 0.05) is 4.88 Å². The van der Waals surface area contributed by atoms with E-state index in [0.29, 0.717) is 34.4 Å². The molecule has 9 heteroatoms. The summed E-state index contributed by atoms with van der Waals surface area (Å²) in [6.07, 6.45) is 5.56. The number of carbonyl (C=O) groups excluding carboxylic acids is 3. The predicted molar refractivity (Wildman–Crippen MR) is 128 cm³/mol. The predicted octanol–water partition coefficient (Wildman–Crippen LogP) is 3.70. The minimum atomic E-state index is -0.945. The van der Waals surface area contributed by atoms with E-state index in [9.17, 15) is 14.4 Å². The van der Waals surface area contributed by atoms with Gasteiger partial charge in [-0.05, 0) is 55.4 Å². The average Bonchev–Trinajstić information content (AvgIpc) is 3.14. The second kappa shape index (κ2) is 11.4. The molecule has 0 fully saturated rings. The molecule has 0 saturated heterocycles. The number of esters is 1. The van der Waals surface area contributed by atoms with Crippen LogP contribution < -0.4 is 15.5 Å². The molecule has 3 rings (SSSR count). The van der Waals surface area contributed by atoms with Crippen molar-refractivity contribution < 1.29 is 23.9 Å². The number of hydrogen-bond acceptors (Lipinski definition) is 7. The second-order valence-corrected chi connectivity index (χ2v) is 8.71. The van der Waals surface area contributed by atoms with Gasteiger partial charge in [0.25, 0.3) is 0 Å².